The Labute approximate surface area is 124 Å². The summed E-state index contributed by atoms with van der Waals surface area (Å²) in [6.07, 6.45) is 0. The second kappa shape index (κ2) is 6.07. The number of benzene rings is 2. The molecular weight excluding hydrogens is 328 g/mol. The van der Waals surface area contributed by atoms with E-state index in [1.54, 1.807) is 30.3 Å². The molecule has 3 nitrogen and oxygen atoms in total. The molecule has 0 aliphatic heterocycles. The first-order chi connectivity index (χ1) is 9.13. The molecule has 0 bridgehead atoms. The van der Waals surface area contributed by atoms with Crippen molar-refractivity contribution in [2.75, 3.05) is 0 Å². The Morgan fingerprint density at radius 2 is 1.95 bits per heavy atom. The van der Waals surface area contributed by atoms with Crippen LogP contribution in [0.1, 0.15) is 11.1 Å². The highest BCUT2D eigenvalue weighted by Gasteiger charge is 2.08. The molecular formula is C14H10BrClN2O. The van der Waals surface area contributed by atoms with Crippen molar-refractivity contribution in [3.8, 4) is 17.6 Å². The molecule has 2 aromatic rings. The van der Waals surface area contributed by atoms with Crippen LogP contribution in [-0.4, -0.2) is 0 Å². The van der Waals surface area contributed by atoms with Crippen molar-refractivity contribution in [3.05, 3.63) is 57.0 Å². The van der Waals surface area contributed by atoms with Gasteiger partial charge in [-0.3, -0.25) is 0 Å². The van der Waals surface area contributed by atoms with E-state index < -0.39 is 0 Å². The number of hydrogen-bond donors (Lipinski definition) is 1. The standard InChI is InChI=1S/C14H10BrClN2O/c15-12-6-11(16)2-4-14(12)19-13-3-1-9(7-17)5-10(13)8-18/h1-6H,7,17H2. The molecule has 0 saturated carbocycles. The number of nitrogens with two attached hydrogens (primary N) is 1. The van der Waals surface area contributed by atoms with Gasteiger partial charge in [0.15, 0.2) is 0 Å². The Bertz CT molecular complexity index is 652. The first-order valence-corrected chi connectivity index (χ1v) is 6.67. The monoisotopic (exact) mass is 336 g/mol. The predicted octanol–water partition coefficient (Wildman–Crippen LogP) is 4.23. The van der Waals surface area contributed by atoms with Crippen LogP contribution >= 0.6 is 27.5 Å². The lowest BCUT2D eigenvalue weighted by atomic mass is 10.1. The fraction of sp³-hybridized carbons (Fsp3) is 0.0714. The molecule has 0 fully saturated rings. The molecule has 0 spiro atoms. The summed E-state index contributed by atoms with van der Waals surface area (Å²) < 4.78 is 6.45. The van der Waals surface area contributed by atoms with Crippen LogP contribution in [0.2, 0.25) is 5.02 Å². The second-order valence-corrected chi connectivity index (χ2v) is 5.11. The Balaban J connectivity index is 2.35. The van der Waals surface area contributed by atoms with Gasteiger partial charge in [-0.2, -0.15) is 5.26 Å². The normalized spacial score (nSPS) is 10.0. The Morgan fingerprint density at radius 1 is 1.21 bits per heavy atom. The van der Waals surface area contributed by atoms with Crippen LogP contribution in [0.15, 0.2) is 40.9 Å². The van der Waals surface area contributed by atoms with E-state index in [2.05, 4.69) is 22.0 Å². The quantitative estimate of drug-likeness (QED) is 0.912. The van der Waals surface area contributed by atoms with Crippen molar-refractivity contribution >= 4 is 27.5 Å². The number of ether oxygens (including phenoxy) is 1. The minimum Gasteiger partial charge on any atom is -0.455 e. The van der Waals surface area contributed by atoms with Crippen LogP contribution in [-0.2, 0) is 6.54 Å². The highest BCUT2D eigenvalue weighted by molar-refractivity contribution is 9.10. The van der Waals surface area contributed by atoms with Gasteiger partial charge in [0.25, 0.3) is 0 Å². The number of nitriles is 1. The molecule has 0 atom stereocenters. The van der Waals surface area contributed by atoms with Gasteiger partial charge in [0, 0.05) is 11.6 Å². The van der Waals surface area contributed by atoms with Crippen molar-refractivity contribution in [3.63, 3.8) is 0 Å². The van der Waals surface area contributed by atoms with Crippen molar-refractivity contribution < 1.29 is 4.74 Å². The zero-order valence-corrected chi connectivity index (χ0v) is 12.2. The maximum absolute atomic E-state index is 9.13. The smallest absolute Gasteiger partial charge is 0.145 e. The molecule has 2 N–H and O–H groups in total. The molecule has 0 aliphatic carbocycles. The third-order valence-corrected chi connectivity index (χ3v) is 3.37. The molecule has 0 unspecified atom stereocenters. The summed E-state index contributed by atoms with van der Waals surface area (Å²) in [7, 11) is 0. The number of nitrogens with zero attached hydrogens (tertiary/aromatic N) is 1. The van der Waals surface area contributed by atoms with Gasteiger partial charge in [-0.15, -0.1) is 0 Å². The van der Waals surface area contributed by atoms with Gasteiger partial charge in [-0.05, 0) is 51.8 Å². The van der Waals surface area contributed by atoms with E-state index in [9.17, 15) is 0 Å². The van der Waals surface area contributed by atoms with E-state index in [0.717, 1.165) is 10.0 Å². The minimum absolute atomic E-state index is 0.388. The average molecular weight is 338 g/mol. The lowest BCUT2D eigenvalue weighted by molar-refractivity contribution is 0.478. The van der Waals surface area contributed by atoms with Crippen LogP contribution in [0, 0.1) is 11.3 Å². The Hall–Kier alpha value is -1.54. The van der Waals surface area contributed by atoms with Gasteiger partial charge in [0.1, 0.15) is 17.6 Å². The van der Waals surface area contributed by atoms with Gasteiger partial charge < -0.3 is 10.5 Å². The average Bonchev–Trinajstić information content (AvgIpc) is 2.42. The molecule has 0 amide bonds. The van der Waals surface area contributed by atoms with Crippen molar-refractivity contribution in [2.24, 2.45) is 5.73 Å². The minimum atomic E-state index is 0.388. The van der Waals surface area contributed by atoms with E-state index >= 15 is 0 Å². The largest absolute Gasteiger partial charge is 0.455 e. The lowest BCUT2D eigenvalue weighted by Gasteiger charge is -2.10. The van der Waals surface area contributed by atoms with Crippen LogP contribution in [0.25, 0.3) is 0 Å². The summed E-state index contributed by atoms with van der Waals surface area (Å²) in [5, 5.41) is 9.74. The van der Waals surface area contributed by atoms with Crippen LogP contribution < -0.4 is 10.5 Å². The highest BCUT2D eigenvalue weighted by atomic mass is 79.9. The van der Waals surface area contributed by atoms with Crippen LogP contribution in [0.4, 0.5) is 0 Å². The summed E-state index contributed by atoms with van der Waals surface area (Å²) in [4.78, 5) is 0. The SMILES string of the molecule is N#Cc1cc(CN)ccc1Oc1ccc(Cl)cc1Br. The highest BCUT2D eigenvalue weighted by Crippen LogP contribution is 2.33. The fourth-order valence-electron chi connectivity index (χ4n) is 1.56. The van der Waals surface area contributed by atoms with Gasteiger partial charge in [0.05, 0.1) is 10.0 Å². The zero-order valence-electron chi connectivity index (χ0n) is 9.86. The van der Waals surface area contributed by atoms with E-state index in [0.29, 0.717) is 28.6 Å². The summed E-state index contributed by atoms with van der Waals surface area (Å²) >= 11 is 9.23. The van der Waals surface area contributed by atoms with Gasteiger partial charge in [0.2, 0.25) is 0 Å². The third kappa shape index (κ3) is 3.27. The topological polar surface area (TPSA) is 59.0 Å². The van der Waals surface area contributed by atoms with E-state index in [1.807, 2.05) is 6.07 Å². The first kappa shape index (κ1) is 13.9. The van der Waals surface area contributed by atoms with E-state index in [4.69, 9.17) is 27.3 Å². The van der Waals surface area contributed by atoms with Crippen molar-refractivity contribution in [1.29, 1.82) is 5.26 Å². The van der Waals surface area contributed by atoms with Gasteiger partial charge >= 0.3 is 0 Å². The maximum Gasteiger partial charge on any atom is 0.145 e. The van der Waals surface area contributed by atoms with Crippen LogP contribution in [0.3, 0.4) is 0 Å². The molecule has 0 aliphatic rings. The first-order valence-electron chi connectivity index (χ1n) is 5.50. The predicted molar refractivity (Wildman–Crippen MR) is 78.3 cm³/mol. The summed E-state index contributed by atoms with van der Waals surface area (Å²) in [6, 6.07) is 12.6. The molecule has 96 valence electrons. The summed E-state index contributed by atoms with van der Waals surface area (Å²) in [5.74, 6) is 1.09. The molecule has 2 rings (SSSR count). The van der Waals surface area contributed by atoms with Crippen molar-refractivity contribution in [1.82, 2.24) is 0 Å². The summed E-state index contributed by atoms with van der Waals surface area (Å²) in [6.45, 7) is 0.388. The number of halogens is 2. The van der Waals surface area contributed by atoms with Crippen LogP contribution in [0.5, 0.6) is 11.5 Å². The molecule has 0 radical (unpaired) electrons. The maximum atomic E-state index is 9.13. The molecule has 2 aromatic carbocycles. The van der Waals surface area contributed by atoms with Crippen molar-refractivity contribution in [2.45, 2.75) is 6.54 Å². The number of hydrogen-bond acceptors (Lipinski definition) is 3. The third-order valence-electron chi connectivity index (χ3n) is 2.51. The Morgan fingerprint density at radius 3 is 2.58 bits per heavy atom. The van der Waals surface area contributed by atoms with E-state index in [1.165, 1.54) is 0 Å². The summed E-state index contributed by atoms with van der Waals surface area (Å²) in [5.41, 5.74) is 6.88. The Kier molecular flexibility index (Phi) is 4.43. The van der Waals surface area contributed by atoms with Gasteiger partial charge in [-0.25, -0.2) is 0 Å². The molecule has 0 aromatic heterocycles. The molecule has 0 saturated heterocycles. The van der Waals surface area contributed by atoms with Gasteiger partial charge in [-0.1, -0.05) is 17.7 Å². The molecule has 5 heteroatoms. The zero-order chi connectivity index (χ0) is 13.8. The molecule has 19 heavy (non-hydrogen) atoms. The van der Waals surface area contributed by atoms with E-state index in [-0.39, 0.29) is 0 Å². The number of rotatable bonds is 3. The molecule has 0 heterocycles. The lowest BCUT2D eigenvalue weighted by Crippen LogP contribution is -1.97. The fourth-order valence-corrected chi connectivity index (χ4v) is 2.32. The second-order valence-electron chi connectivity index (χ2n) is 3.82.